The minimum Gasteiger partial charge on any atom is -0.397 e. The van der Waals surface area contributed by atoms with Crippen LogP contribution in [0, 0.1) is 0 Å². The van der Waals surface area contributed by atoms with Crippen LogP contribution < -0.4 is 5.73 Å². The summed E-state index contributed by atoms with van der Waals surface area (Å²) < 4.78 is 8.00. The molecule has 1 aromatic heterocycles. The zero-order valence-corrected chi connectivity index (χ0v) is 11.6. The number of benzene rings is 1. The second kappa shape index (κ2) is 5.02. The summed E-state index contributed by atoms with van der Waals surface area (Å²) in [6.45, 7) is 9.08. The fourth-order valence-corrected chi connectivity index (χ4v) is 2.32. The molecule has 18 heavy (non-hydrogen) atoms. The van der Waals surface area contributed by atoms with Gasteiger partial charge in [0.2, 0.25) is 0 Å². The van der Waals surface area contributed by atoms with Gasteiger partial charge in [0, 0.05) is 17.1 Å². The molecular weight excluding hydrogens is 224 g/mol. The van der Waals surface area contributed by atoms with Gasteiger partial charge in [-0.2, -0.15) is 0 Å². The summed E-state index contributed by atoms with van der Waals surface area (Å²) in [6, 6.07) is 8.60. The van der Waals surface area contributed by atoms with Crippen molar-refractivity contribution in [3.05, 3.63) is 30.0 Å². The number of aromatic nitrogens is 1. The summed E-state index contributed by atoms with van der Waals surface area (Å²) in [5.41, 5.74) is 9.24. The third kappa shape index (κ3) is 2.36. The summed E-state index contributed by atoms with van der Waals surface area (Å²) in [7, 11) is 0. The van der Waals surface area contributed by atoms with Crippen LogP contribution in [0.4, 0.5) is 5.69 Å². The van der Waals surface area contributed by atoms with Crippen molar-refractivity contribution < 1.29 is 4.74 Å². The topological polar surface area (TPSA) is 40.2 Å². The van der Waals surface area contributed by atoms with Crippen molar-refractivity contribution in [2.45, 2.75) is 46.4 Å². The molecule has 0 aliphatic heterocycles. The van der Waals surface area contributed by atoms with E-state index in [9.17, 15) is 0 Å². The molecule has 0 saturated carbocycles. The van der Waals surface area contributed by atoms with Gasteiger partial charge in [0.05, 0.1) is 23.9 Å². The second-order valence-electron chi connectivity index (χ2n) is 5.24. The molecule has 0 bridgehead atoms. The van der Waals surface area contributed by atoms with Crippen molar-refractivity contribution in [3.63, 3.8) is 0 Å². The molecule has 0 atom stereocenters. The van der Waals surface area contributed by atoms with Gasteiger partial charge in [0.1, 0.15) is 0 Å². The van der Waals surface area contributed by atoms with Gasteiger partial charge in [-0.05, 0) is 39.8 Å². The van der Waals surface area contributed by atoms with Gasteiger partial charge in [-0.3, -0.25) is 0 Å². The summed E-state index contributed by atoms with van der Waals surface area (Å²) in [5, 5.41) is 1.19. The minimum absolute atomic E-state index is 0.237. The normalized spacial score (nSPS) is 11.9. The lowest BCUT2D eigenvalue weighted by Crippen LogP contribution is -2.10. The van der Waals surface area contributed by atoms with E-state index in [0.29, 0.717) is 12.6 Å². The van der Waals surface area contributed by atoms with E-state index in [0.717, 1.165) is 11.2 Å². The molecule has 0 amide bonds. The zero-order chi connectivity index (χ0) is 13.3. The molecule has 2 aromatic rings. The molecule has 0 fully saturated rings. The first-order valence-corrected chi connectivity index (χ1v) is 6.50. The van der Waals surface area contributed by atoms with Crippen LogP contribution in [0.2, 0.25) is 0 Å². The number of rotatable bonds is 4. The molecule has 3 heteroatoms. The Kier molecular flexibility index (Phi) is 3.62. The summed E-state index contributed by atoms with van der Waals surface area (Å²) >= 11 is 0. The standard InChI is InChI=1S/C15H22N2O/c1-10(2)17-13(9-18-11(3)4)8-12-6-5-7-14(16)15(12)17/h5-8,10-11H,9,16H2,1-4H3. The van der Waals surface area contributed by atoms with Gasteiger partial charge in [-0.1, -0.05) is 12.1 Å². The van der Waals surface area contributed by atoms with E-state index in [-0.39, 0.29) is 6.10 Å². The number of nitrogen functional groups attached to an aromatic ring is 1. The van der Waals surface area contributed by atoms with Gasteiger partial charge in [-0.15, -0.1) is 0 Å². The molecular formula is C15H22N2O. The van der Waals surface area contributed by atoms with Crippen LogP contribution in [0.5, 0.6) is 0 Å². The number of hydrogen-bond acceptors (Lipinski definition) is 2. The van der Waals surface area contributed by atoms with Crippen molar-refractivity contribution in [1.82, 2.24) is 4.57 Å². The Morgan fingerprint density at radius 3 is 2.56 bits per heavy atom. The highest BCUT2D eigenvalue weighted by atomic mass is 16.5. The highest BCUT2D eigenvalue weighted by molar-refractivity contribution is 5.91. The third-order valence-electron chi connectivity index (χ3n) is 3.05. The minimum atomic E-state index is 0.237. The maximum absolute atomic E-state index is 6.10. The molecule has 98 valence electrons. The second-order valence-corrected chi connectivity index (χ2v) is 5.24. The van der Waals surface area contributed by atoms with Gasteiger partial charge in [0.15, 0.2) is 0 Å². The lowest BCUT2D eigenvalue weighted by Gasteiger charge is -2.16. The van der Waals surface area contributed by atoms with E-state index in [2.05, 4.69) is 44.4 Å². The molecule has 2 rings (SSSR count). The van der Waals surface area contributed by atoms with Crippen LogP contribution in [-0.4, -0.2) is 10.7 Å². The smallest absolute Gasteiger partial charge is 0.0871 e. The molecule has 2 N–H and O–H groups in total. The van der Waals surface area contributed by atoms with E-state index in [1.54, 1.807) is 0 Å². The van der Waals surface area contributed by atoms with Gasteiger partial charge < -0.3 is 15.0 Å². The highest BCUT2D eigenvalue weighted by Gasteiger charge is 2.13. The van der Waals surface area contributed by atoms with E-state index in [1.165, 1.54) is 11.1 Å². The predicted molar refractivity (Wildman–Crippen MR) is 76.7 cm³/mol. The number of ether oxygens (including phenoxy) is 1. The van der Waals surface area contributed by atoms with Crippen molar-refractivity contribution in [3.8, 4) is 0 Å². The average Bonchev–Trinajstić information content (AvgIpc) is 2.66. The molecule has 0 radical (unpaired) electrons. The molecule has 0 spiro atoms. The quantitative estimate of drug-likeness (QED) is 0.835. The van der Waals surface area contributed by atoms with Crippen LogP contribution in [-0.2, 0) is 11.3 Å². The molecule has 3 nitrogen and oxygen atoms in total. The summed E-state index contributed by atoms with van der Waals surface area (Å²) in [5.74, 6) is 0. The van der Waals surface area contributed by atoms with Crippen molar-refractivity contribution in [1.29, 1.82) is 0 Å². The van der Waals surface area contributed by atoms with E-state index in [1.807, 2.05) is 12.1 Å². The monoisotopic (exact) mass is 246 g/mol. The van der Waals surface area contributed by atoms with Gasteiger partial charge in [0.25, 0.3) is 0 Å². The van der Waals surface area contributed by atoms with Crippen molar-refractivity contribution in [2.24, 2.45) is 0 Å². The lowest BCUT2D eigenvalue weighted by molar-refractivity contribution is 0.0615. The Morgan fingerprint density at radius 1 is 1.22 bits per heavy atom. The molecule has 1 heterocycles. The van der Waals surface area contributed by atoms with E-state index >= 15 is 0 Å². The highest BCUT2D eigenvalue weighted by Crippen LogP contribution is 2.29. The van der Waals surface area contributed by atoms with Crippen molar-refractivity contribution >= 4 is 16.6 Å². The maximum atomic E-state index is 6.10. The number of para-hydroxylation sites is 1. The number of nitrogens with zero attached hydrogens (tertiary/aromatic N) is 1. The predicted octanol–water partition coefficient (Wildman–Crippen LogP) is 3.73. The molecule has 0 aliphatic rings. The molecule has 0 unspecified atom stereocenters. The number of anilines is 1. The van der Waals surface area contributed by atoms with Gasteiger partial charge >= 0.3 is 0 Å². The number of hydrogen-bond donors (Lipinski definition) is 1. The van der Waals surface area contributed by atoms with Crippen LogP contribution in [0.1, 0.15) is 39.4 Å². The number of fused-ring (bicyclic) bond motifs is 1. The fourth-order valence-electron chi connectivity index (χ4n) is 2.32. The maximum Gasteiger partial charge on any atom is 0.0871 e. The van der Waals surface area contributed by atoms with E-state index < -0.39 is 0 Å². The Labute approximate surface area is 109 Å². The first kappa shape index (κ1) is 13.0. The largest absolute Gasteiger partial charge is 0.397 e. The molecule has 0 saturated heterocycles. The van der Waals surface area contributed by atoms with Crippen LogP contribution in [0.3, 0.4) is 0 Å². The lowest BCUT2D eigenvalue weighted by atomic mass is 10.2. The van der Waals surface area contributed by atoms with E-state index in [4.69, 9.17) is 10.5 Å². The Morgan fingerprint density at radius 2 is 1.94 bits per heavy atom. The molecule has 1 aromatic carbocycles. The number of nitrogens with two attached hydrogens (primary N) is 1. The Balaban J connectivity index is 2.52. The zero-order valence-electron chi connectivity index (χ0n) is 11.6. The van der Waals surface area contributed by atoms with Crippen LogP contribution in [0.25, 0.3) is 10.9 Å². The van der Waals surface area contributed by atoms with Crippen LogP contribution in [0.15, 0.2) is 24.3 Å². The fraction of sp³-hybridized carbons (Fsp3) is 0.467. The first-order valence-electron chi connectivity index (χ1n) is 6.50. The summed E-state index contributed by atoms with van der Waals surface area (Å²) in [6.07, 6.45) is 0.237. The third-order valence-corrected chi connectivity index (χ3v) is 3.05. The Hall–Kier alpha value is -1.48. The Bertz CT molecular complexity index is 541. The average molecular weight is 246 g/mol. The SMILES string of the molecule is CC(C)OCc1cc2cccc(N)c2n1C(C)C. The van der Waals surface area contributed by atoms with Gasteiger partial charge in [-0.25, -0.2) is 0 Å². The summed E-state index contributed by atoms with van der Waals surface area (Å²) in [4.78, 5) is 0. The van der Waals surface area contributed by atoms with Crippen LogP contribution >= 0.6 is 0 Å². The van der Waals surface area contributed by atoms with Crippen molar-refractivity contribution in [2.75, 3.05) is 5.73 Å². The molecule has 0 aliphatic carbocycles. The first-order chi connectivity index (χ1) is 8.50.